The van der Waals surface area contributed by atoms with Gasteiger partial charge >= 0.3 is 5.97 Å². The number of aromatic nitrogens is 1. The van der Waals surface area contributed by atoms with Gasteiger partial charge in [0.05, 0.1) is 5.02 Å². The van der Waals surface area contributed by atoms with Crippen molar-refractivity contribution in [3.05, 3.63) is 28.0 Å². The molecule has 0 aliphatic carbocycles. The second kappa shape index (κ2) is 4.44. The first-order valence-corrected chi connectivity index (χ1v) is 4.29. The average Bonchev–Trinajstić information content (AvgIpc) is 2.03. The first kappa shape index (κ1) is 10.3. The van der Waals surface area contributed by atoms with E-state index in [0.29, 0.717) is 10.6 Å². The van der Waals surface area contributed by atoms with E-state index in [9.17, 15) is 4.79 Å². The van der Waals surface area contributed by atoms with Crippen molar-refractivity contribution in [3.63, 3.8) is 0 Å². The van der Waals surface area contributed by atoms with Crippen molar-refractivity contribution in [2.45, 2.75) is 13.5 Å². The first-order valence-electron chi connectivity index (χ1n) is 3.53. The van der Waals surface area contributed by atoms with Gasteiger partial charge in [-0.2, -0.15) is 0 Å². The summed E-state index contributed by atoms with van der Waals surface area (Å²) in [6.07, 6.45) is 1.49. The number of ether oxygens (including phenoxy) is 1. The summed E-state index contributed by atoms with van der Waals surface area (Å²) in [6.45, 7) is 1.37. The largest absolute Gasteiger partial charge is 0.461 e. The van der Waals surface area contributed by atoms with Crippen molar-refractivity contribution in [3.8, 4) is 0 Å². The molecule has 0 bridgehead atoms. The monoisotopic (exact) mass is 219 g/mol. The highest BCUT2D eigenvalue weighted by Crippen LogP contribution is 2.22. The number of pyridine rings is 1. The standard InChI is InChI=1S/C8H7Cl2NO2/c1-5(12)13-4-6-7(9)2-3-11-8(6)10/h2-3H,4H2,1H3. The number of carbonyl (C=O) groups is 1. The zero-order valence-electron chi connectivity index (χ0n) is 6.88. The molecule has 1 aromatic rings. The lowest BCUT2D eigenvalue weighted by Gasteiger charge is -2.05. The molecular formula is C8H7Cl2NO2. The fraction of sp³-hybridized carbons (Fsp3) is 0.250. The van der Waals surface area contributed by atoms with Gasteiger partial charge in [0.15, 0.2) is 0 Å². The van der Waals surface area contributed by atoms with Crippen LogP contribution in [0.2, 0.25) is 10.2 Å². The molecule has 3 nitrogen and oxygen atoms in total. The number of nitrogens with zero attached hydrogens (tertiary/aromatic N) is 1. The third-order valence-electron chi connectivity index (χ3n) is 1.37. The Kier molecular flexibility index (Phi) is 3.51. The quantitative estimate of drug-likeness (QED) is 0.567. The van der Waals surface area contributed by atoms with Gasteiger partial charge in [-0.25, -0.2) is 4.98 Å². The van der Waals surface area contributed by atoms with Gasteiger partial charge in [-0.3, -0.25) is 4.79 Å². The van der Waals surface area contributed by atoms with E-state index < -0.39 is 0 Å². The third kappa shape index (κ3) is 2.86. The van der Waals surface area contributed by atoms with E-state index in [4.69, 9.17) is 27.9 Å². The smallest absolute Gasteiger partial charge is 0.302 e. The molecule has 0 unspecified atom stereocenters. The van der Waals surface area contributed by atoms with Crippen molar-refractivity contribution in [1.29, 1.82) is 0 Å². The molecule has 1 rings (SSSR count). The van der Waals surface area contributed by atoms with Gasteiger partial charge in [-0.15, -0.1) is 0 Å². The minimum Gasteiger partial charge on any atom is -0.461 e. The van der Waals surface area contributed by atoms with Gasteiger partial charge in [-0.05, 0) is 6.07 Å². The molecule has 0 N–H and O–H groups in total. The number of carbonyl (C=O) groups excluding carboxylic acids is 1. The van der Waals surface area contributed by atoms with Crippen molar-refractivity contribution >= 4 is 29.2 Å². The van der Waals surface area contributed by atoms with E-state index in [1.807, 2.05) is 0 Å². The Labute approximate surface area is 85.6 Å². The van der Waals surface area contributed by atoms with Crippen LogP contribution in [0.15, 0.2) is 12.3 Å². The molecule has 0 aromatic carbocycles. The minimum absolute atomic E-state index is 0.0564. The number of esters is 1. The van der Waals surface area contributed by atoms with Crippen LogP contribution in [0.4, 0.5) is 0 Å². The van der Waals surface area contributed by atoms with Gasteiger partial charge in [-0.1, -0.05) is 23.2 Å². The van der Waals surface area contributed by atoms with Crippen LogP contribution >= 0.6 is 23.2 Å². The average molecular weight is 220 g/mol. The lowest BCUT2D eigenvalue weighted by atomic mass is 10.3. The molecule has 13 heavy (non-hydrogen) atoms. The van der Waals surface area contributed by atoms with Crippen LogP contribution in [0.1, 0.15) is 12.5 Å². The molecule has 0 fully saturated rings. The van der Waals surface area contributed by atoms with E-state index >= 15 is 0 Å². The van der Waals surface area contributed by atoms with Gasteiger partial charge in [0, 0.05) is 18.7 Å². The van der Waals surface area contributed by atoms with E-state index in [-0.39, 0.29) is 17.7 Å². The van der Waals surface area contributed by atoms with Crippen LogP contribution in [-0.2, 0) is 16.1 Å². The second-order valence-electron chi connectivity index (χ2n) is 2.34. The van der Waals surface area contributed by atoms with Crippen LogP contribution in [0.5, 0.6) is 0 Å². The van der Waals surface area contributed by atoms with Gasteiger partial charge in [0.25, 0.3) is 0 Å². The topological polar surface area (TPSA) is 39.2 Å². The summed E-state index contributed by atoms with van der Waals surface area (Å²) in [5.41, 5.74) is 0.529. The summed E-state index contributed by atoms with van der Waals surface area (Å²) in [5, 5.41) is 0.704. The van der Waals surface area contributed by atoms with Crippen molar-refractivity contribution in [2.24, 2.45) is 0 Å². The van der Waals surface area contributed by atoms with Gasteiger partial charge < -0.3 is 4.74 Å². The SMILES string of the molecule is CC(=O)OCc1c(Cl)ccnc1Cl. The van der Waals surface area contributed by atoms with Crippen molar-refractivity contribution in [2.75, 3.05) is 0 Å². The highest BCUT2D eigenvalue weighted by atomic mass is 35.5. The molecule has 0 saturated carbocycles. The number of rotatable bonds is 2. The molecule has 0 radical (unpaired) electrons. The number of halogens is 2. The Morgan fingerprint density at radius 2 is 2.31 bits per heavy atom. The first-order chi connectivity index (χ1) is 6.11. The highest BCUT2D eigenvalue weighted by molar-refractivity contribution is 6.35. The molecule has 0 saturated heterocycles. The highest BCUT2D eigenvalue weighted by Gasteiger charge is 2.07. The minimum atomic E-state index is -0.379. The van der Waals surface area contributed by atoms with Crippen LogP contribution in [0, 0.1) is 0 Å². The zero-order chi connectivity index (χ0) is 9.84. The van der Waals surface area contributed by atoms with Crippen molar-refractivity contribution < 1.29 is 9.53 Å². The summed E-state index contributed by atoms with van der Waals surface area (Å²) in [5.74, 6) is -0.379. The maximum Gasteiger partial charge on any atom is 0.302 e. The van der Waals surface area contributed by atoms with Crippen LogP contribution in [-0.4, -0.2) is 11.0 Å². The Bertz CT molecular complexity index is 308. The van der Waals surface area contributed by atoms with Crippen LogP contribution in [0.25, 0.3) is 0 Å². The Hall–Kier alpha value is -0.800. The second-order valence-corrected chi connectivity index (χ2v) is 3.11. The normalized spacial score (nSPS) is 9.77. The fourth-order valence-corrected chi connectivity index (χ4v) is 1.21. The predicted octanol–water partition coefficient (Wildman–Crippen LogP) is 2.45. The molecule has 1 aromatic heterocycles. The van der Waals surface area contributed by atoms with Gasteiger partial charge in [0.1, 0.15) is 11.8 Å². The van der Waals surface area contributed by atoms with E-state index in [0.717, 1.165) is 0 Å². The van der Waals surface area contributed by atoms with Gasteiger partial charge in [0.2, 0.25) is 0 Å². The zero-order valence-corrected chi connectivity index (χ0v) is 8.39. The predicted molar refractivity (Wildman–Crippen MR) is 49.7 cm³/mol. The van der Waals surface area contributed by atoms with E-state index in [2.05, 4.69) is 4.98 Å². The fourth-order valence-electron chi connectivity index (χ4n) is 0.747. The van der Waals surface area contributed by atoms with E-state index in [1.54, 1.807) is 6.07 Å². The number of hydrogen-bond acceptors (Lipinski definition) is 3. The van der Waals surface area contributed by atoms with E-state index in [1.165, 1.54) is 13.1 Å². The molecule has 1 heterocycles. The summed E-state index contributed by atoms with van der Waals surface area (Å²) in [7, 11) is 0. The number of hydrogen-bond donors (Lipinski definition) is 0. The Morgan fingerprint density at radius 1 is 1.62 bits per heavy atom. The summed E-state index contributed by atoms with van der Waals surface area (Å²) in [6, 6.07) is 1.59. The van der Waals surface area contributed by atoms with Crippen LogP contribution < -0.4 is 0 Å². The maximum absolute atomic E-state index is 10.5. The molecule has 0 aliphatic heterocycles. The summed E-state index contributed by atoms with van der Waals surface area (Å²) < 4.78 is 4.74. The maximum atomic E-state index is 10.5. The summed E-state index contributed by atoms with van der Waals surface area (Å²) >= 11 is 11.5. The van der Waals surface area contributed by atoms with Crippen LogP contribution in [0.3, 0.4) is 0 Å². The lowest BCUT2D eigenvalue weighted by molar-refractivity contribution is -0.142. The summed E-state index contributed by atoms with van der Waals surface area (Å²) in [4.78, 5) is 14.3. The third-order valence-corrected chi connectivity index (χ3v) is 2.05. The lowest BCUT2D eigenvalue weighted by Crippen LogP contribution is -2.00. The molecular weight excluding hydrogens is 213 g/mol. The molecule has 0 atom stereocenters. The Balaban J connectivity index is 2.81. The molecule has 0 amide bonds. The molecule has 70 valence electrons. The van der Waals surface area contributed by atoms with Crippen molar-refractivity contribution in [1.82, 2.24) is 4.98 Å². The molecule has 0 aliphatic rings. The Morgan fingerprint density at radius 3 is 2.85 bits per heavy atom. The molecule has 5 heteroatoms. The molecule has 0 spiro atoms.